The summed E-state index contributed by atoms with van der Waals surface area (Å²) in [6.07, 6.45) is 4.83. The van der Waals surface area contributed by atoms with E-state index in [1.165, 1.54) is 43.9 Å². The van der Waals surface area contributed by atoms with Crippen molar-refractivity contribution in [2.45, 2.75) is 25.7 Å². The summed E-state index contributed by atoms with van der Waals surface area (Å²) < 4.78 is 9.84. The van der Waals surface area contributed by atoms with E-state index in [9.17, 15) is 19.5 Å². The molecule has 2 aromatic rings. The summed E-state index contributed by atoms with van der Waals surface area (Å²) in [4.78, 5) is 37.6. The molecule has 1 aromatic heterocycles. The summed E-state index contributed by atoms with van der Waals surface area (Å²) in [5.41, 5.74) is 3.88. The summed E-state index contributed by atoms with van der Waals surface area (Å²) in [5.74, 6) is -2.25. The van der Waals surface area contributed by atoms with Crippen molar-refractivity contribution < 1.29 is 29.0 Å². The highest BCUT2D eigenvalue weighted by Gasteiger charge is 2.28. The standard InChI is InChI=1S/C20H21N3O6S/c1-28-14-9-11(7-8-13(14)24)10-21-23-18(26)17(25)22-19-16(20(27)29-2)12-5-3-4-6-15(12)30-19/h7-10,24H,3-6H2,1-2H3,(H,22,25)(H,23,26). The average molecular weight is 431 g/mol. The molecule has 0 radical (unpaired) electrons. The van der Waals surface area contributed by atoms with Crippen LogP contribution in [0.2, 0.25) is 0 Å². The lowest BCUT2D eigenvalue weighted by Crippen LogP contribution is -2.32. The summed E-state index contributed by atoms with van der Waals surface area (Å²) in [7, 11) is 2.69. The summed E-state index contributed by atoms with van der Waals surface area (Å²) in [6, 6.07) is 4.50. The molecule has 3 rings (SSSR count). The van der Waals surface area contributed by atoms with Crippen LogP contribution in [0.5, 0.6) is 11.5 Å². The van der Waals surface area contributed by atoms with Crippen LogP contribution in [0.3, 0.4) is 0 Å². The van der Waals surface area contributed by atoms with Gasteiger partial charge in [0.2, 0.25) is 0 Å². The molecule has 2 amide bonds. The Morgan fingerprint density at radius 1 is 1.17 bits per heavy atom. The number of methoxy groups -OCH3 is 2. The zero-order valence-corrected chi connectivity index (χ0v) is 17.3. The average Bonchev–Trinajstić information content (AvgIpc) is 3.11. The molecule has 10 heteroatoms. The molecule has 1 aromatic carbocycles. The number of phenolic OH excluding ortho intramolecular Hbond substituents is 1. The first kappa shape index (κ1) is 21.3. The van der Waals surface area contributed by atoms with Crippen LogP contribution in [0.15, 0.2) is 23.3 Å². The van der Waals surface area contributed by atoms with Crippen molar-refractivity contribution in [1.29, 1.82) is 0 Å². The Morgan fingerprint density at radius 2 is 1.93 bits per heavy atom. The third-order valence-corrected chi connectivity index (χ3v) is 5.78. The van der Waals surface area contributed by atoms with Gasteiger partial charge in [0.05, 0.1) is 26.0 Å². The van der Waals surface area contributed by atoms with Gasteiger partial charge in [-0.1, -0.05) is 0 Å². The van der Waals surface area contributed by atoms with Crippen LogP contribution in [0.25, 0.3) is 0 Å². The number of thiophene rings is 1. The van der Waals surface area contributed by atoms with E-state index in [-0.39, 0.29) is 11.5 Å². The number of benzene rings is 1. The monoisotopic (exact) mass is 431 g/mol. The van der Waals surface area contributed by atoms with E-state index in [0.29, 0.717) is 16.1 Å². The fourth-order valence-electron chi connectivity index (χ4n) is 3.12. The first-order valence-electron chi connectivity index (χ1n) is 9.18. The van der Waals surface area contributed by atoms with Crippen LogP contribution in [-0.4, -0.2) is 43.3 Å². The maximum absolute atomic E-state index is 12.3. The third kappa shape index (κ3) is 4.60. The Kier molecular flexibility index (Phi) is 6.68. The van der Waals surface area contributed by atoms with Gasteiger partial charge in [-0.25, -0.2) is 10.2 Å². The van der Waals surface area contributed by atoms with Gasteiger partial charge in [0.1, 0.15) is 5.00 Å². The molecule has 0 atom stereocenters. The van der Waals surface area contributed by atoms with E-state index in [4.69, 9.17) is 9.47 Å². The predicted octanol–water partition coefficient (Wildman–Crippen LogP) is 2.22. The number of amides is 2. The Hall–Kier alpha value is -3.40. The van der Waals surface area contributed by atoms with Crippen LogP contribution in [0, 0.1) is 0 Å². The number of anilines is 1. The van der Waals surface area contributed by atoms with Crippen LogP contribution in [-0.2, 0) is 27.2 Å². The number of carbonyl (C=O) groups is 3. The highest BCUT2D eigenvalue weighted by molar-refractivity contribution is 7.17. The van der Waals surface area contributed by atoms with Crippen LogP contribution in [0.4, 0.5) is 5.00 Å². The molecule has 0 aliphatic heterocycles. The van der Waals surface area contributed by atoms with Gasteiger partial charge in [-0.05, 0) is 55.0 Å². The molecule has 9 nitrogen and oxygen atoms in total. The number of carbonyl (C=O) groups excluding carboxylic acids is 3. The number of hydrazone groups is 1. The van der Waals surface area contributed by atoms with Gasteiger partial charge in [0, 0.05) is 4.88 Å². The van der Waals surface area contributed by atoms with Crippen LogP contribution in [0.1, 0.15) is 39.2 Å². The number of phenols is 1. The number of esters is 1. The summed E-state index contributed by atoms with van der Waals surface area (Å²) in [6.45, 7) is 0. The van der Waals surface area contributed by atoms with Gasteiger partial charge in [0.25, 0.3) is 0 Å². The number of fused-ring (bicyclic) bond motifs is 1. The zero-order chi connectivity index (χ0) is 21.7. The summed E-state index contributed by atoms with van der Waals surface area (Å²) >= 11 is 1.29. The fraction of sp³-hybridized carbons (Fsp3) is 0.300. The smallest absolute Gasteiger partial charge is 0.341 e. The van der Waals surface area contributed by atoms with Gasteiger partial charge in [0.15, 0.2) is 11.5 Å². The van der Waals surface area contributed by atoms with E-state index in [1.807, 2.05) is 0 Å². The van der Waals surface area contributed by atoms with Gasteiger partial charge >= 0.3 is 17.8 Å². The van der Waals surface area contributed by atoms with Gasteiger partial charge in [-0.2, -0.15) is 5.10 Å². The highest BCUT2D eigenvalue weighted by atomic mass is 32.1. The molecule has 0 spiro atoms. The van der Waals surface area contributed by atoms with Crippen molar-refractivity contribution >= 4 is 40.3 Å². The van der Waals surface area contributed by atoms with Crippen molar-refractivity contribution in [2.24, 2.45) is 5.10 Å². The number of hydrogen-bond donors (Lipinski definition) is 3. The van der Waals surface area contributed by atoms with E-state index in [0.717, 1.165) is 36.1 Å². The Balaban J connectivity index is 1.68. The lowest BCUT2D eigenvalue weighted by Gasteiger charge is -2.11. The van der Waals surface area contributed by atoms with Crippen LogP contribution < -0.4 is 15.5 Å². The van der Waals surface area contributed by atoms with Crippen molar-refractivity contribution in [3.63, 3.8) is 0 Å². The molecule has 1 aliphatic carbocycles. The second-order valence-electron chi connectivity index (χ2n) is 6.49. The summed E-state index contributed by atoms with van der Waals surface area (Å²) in [5, 5.41) is 16.1. The molecule has 0 unspecified atom stereocenters. The lowest BCUT2D eigenvalue weighted by molar-refractivity contribution is -0.136. The quantitative estimate of drug-likeness (QED) is 0.288. The van der Waals surface area contributed by atoms with Crippen molar-refractivity contribution in [3.05, 3.63) is 39.8 Å². The van der Waals surface area contributed by atoms with E-state index < -0.39 is 17.8 Å². The van der Waals surface area contributed by atoms with Gasteiger partial charge < -0.3 is 19.9 Å². The zero-order valence-electron chi connectivity index (χ0n) is 16.5. The minimum atomic E-state index is -0.987. The van der Waals surface area contributed by atoms with E-state index in [1.54, 1.807) is 6.07 Å². The molecule has 0 fully saturated rings. The largest absolute Gasteiger partial charge is 0.504 e. The fourth-order valence-corrected chi connectivity index (χ4v) is 4.39. The normalized spacial score (nSPS) is 12.9. The van der Waals surface area contributed by atoms with Gasteiger partial charge in [-0.3, -0.25) is 9.59 Å². The van der Waals surface area contributed by atoms with Crippen molar-refractivity contribution in [3.8, 4) is 11.5 Å². The Morgan fingerprint density at radius 3 is 2.67 bits per heavy atom. The Bertz CT molecular complexity index is 1010. The highest BCUT2D eigenvalue weighted by Crippen LogP contribution is 2.38. The number of ether oxygens (including phenoxy) is 2. The molecule has 30 heavy (non-hydrogen) atoms. The SMILES string of the molecule is COC(=O)c1c(NC(=O)C(=O)NN=Cc2ccc(O)c(OC)c2)sc2c1CCCC2. The molecular formula is C20H21N3O6S. The maximum atomic E-state index is 12.3. The molecule has 0 bridgehead atoms. The van der Waals surface area contributed by atoms with Crippen LogP contribution >= 0.6 is 11.3 Å². The third-order valence-electron chi connectivity index (χ3n) is 4.58. The minimum Gasteiger partial charge on any atom is -0.504 e. The molecule has 0 saturated heterocycles. The molecule has 3 N–H and O–H groups in total. The molecule has 0 saturated carbocycles. The first-order valence-corrected chi connectivity index (χ1v) is 10.0. The molecular weight excluding hydrogens is 410 g/mol. The Labute approximate surface area is 176 Å². The van der Waals surface area contributed by atoms with Crippen molar-refractivity contribution in [1.82, 2.24) is 5.43 Å². The number of aromatic hydroxyl groups is 1. The maximum Gasteiger partial charge on any atom is 0.341 e. The number of aryl methyl sites for hydroxylation is 1. The predicted molar refractivity (Wildman–Crippen MR) is 111 cm³/mol. The van der Waals surface area contributed by atoms with E-state index in [2.05, 4.69) is 15.8 Å². The number of nitrogens with zero attached hydrogens (tertiary/aromatic N) is 1. The van der Waals surface area contributed by atoms with Gasteiger partial charge in [-0.15, -0.1) is 11.3 Å². The molecule has 1 aliphatic rings. The minimum absolute atomic E-state index is 0.0295. The second-order valence-corrected chi connectivity index (χ2v) is 7.60. The lowest BCUT2D eigenvalue weighted by atomic mass is 9.95. The van der Waals surface area contributed by atoms with Crippen molar-refractivity contribution in [2.75, 3.05) is 19.5 Å². The number of nitrogens with one attached hydrogen (secondary N) is 2. The number of hydrogen-bond acceptors (Lipinski definition) is 8. The molecule has 1 heterocycles. The second kappa shape index (κ2) is 9.40. The topological polar surface area (TPSA) is 126 Å². The van der Waals surface area contributed by atoms with E-state index >= 15 is 0 Å². The first-order chi connectivity index (χ1) is 14.4. The number of rotatable bonds is 5. The molecule has 158 valence electrons.